The van der Waals surface area contributed by atoms with Crippen molar-refractivity contribution >= 4 is 15.7 Å². The predicted octanol–water partition coefficient (Wildman–Crippen LogP) is 2.26. The van der Waals surface area contributed by atoms with Gasteiger partial charge in [0.2, 0.25) is 0 Å². The molecule has 114 valence electrons. The minimum Gasteiger partial charge on any atom is -0.464 e. The van der Waals surface area contributed by atoms with E-state index in [4.69, 9.17) is 10.2 Å². The van der Waals surface area contributed by atoms with Crippen LogP contribution in [0.2, 0.25) is 0 Å². The fourth-order valence-corrected chi connectivity index (χ4v) is 2.95. The quantitative estimate of drug-likeness (QED) is 0.846. The normalized spacial score (nSPS) is 11.7. The van der Waals surface area contributed by atoms with E-state index in [-0.39, 0.29) is 29.0 Å². The van der Waals surface area contributed by atoms with Crippen molar-refractivity contribution in [2.24, 2.45) is 5.73 Å². The summed E-state index contributed by atoms with van der Waals surface area (Å²) in [5.74, 6) is -3.76. The van der Waals surface area contributed by atoms with Crippen LogP contribution in [0.15, 0.2) is 27.5 Å². The lowest BCUT2D eigenvalue weighted by atomic mass is 10.3. The maximum atomic E-state index is 13.5. The Morgan fingerprint density at radius 3 is 2.33 bits per heavy atom. The molecule has 1 aromatic carbocycles. The maximum absolute atomic E-state index is 13.5. The van der Waals surface area contributed by atoms with Crippen LogP contribution < -0.4 is 10.5 Å². The minimum atomic E-state index is -4.21. The highest BCUT2D eigenvalue weighted by Gasteiger charge is 2.23. The first kappa shape index (κ1) is 15.4. The van der Waals surface area contributed by atoms with E-state index in [0.717, 1.165) is 0 Å². The molecule has 21 heavy (non-hydrogen) atoms. The van der Waals surface area contributed by atoms with Gasteiger partial charge in [-0.2, -0.15) is 0 Å². The van der Waals surface area contributed by atoms with Gasteiger partial charge in [0, 0.05) is 18.2 Å². The summed E-state index contributed by atoms with van der Waals surface area (Å²) >= 11 is 0. The van der Waals surface area contributed by atoms with Crippen LogP contribution in [-0.4, -0.2) is 8.42 Å². The van der Waals surface area contributed by atoms with Gasteiger partial charge in [0.15, 0.2) is 11.6 Å². The zero-order chi connectivity index (χ0) is 15.8. The fourth-order valence-electron chi connectivity index (χ4n) is 1.69. The van der Waals surface area contributed by atoms with E-state index in [2.05, 4.69) is 0 Å². The molecule has 0 aliphatic carbocycles. The van der Waals surface area contributed by atoms with Crippen LogP contribution in [-0.2, 0) is 16.6 Å². The third kappa shape index (κ3) is 3.03. The van der Waals surface area contributed by atoms with Gasteiger partial charge in [-0.15, -0.1) is 0 Å². The number of benzene rings is 1. The Hall–Kier alpha value is -2.00. The highest BCUT2D eigenvalue weighted by molar-refractivity contribution is 7.92. The van der Waals surface area contributed by atoms with E-state index >= 15 is 0 Å². The van der Waals surface area contributed by atoms with Crippen LogP contribution in [0.1, 0.15) is 11.5 Å². The van der Waals surface area contributed by atoms with Crippen molar-refractivity contribution in [3.63, 3.8) is 0 Å². The van der Waals surface area contributed by atoms with Gasteiger partial charge in [-0.1, -0.05) is 0 Å². The van der Waals surface area contributed by atoms with E-state index < -0.39 is 33.2 Å². The monoisotopic (exact) mass is 320 g/mol. The van der Waals surface area contributed by atoms with Gasteiger partial charge < -0.3 is 10.2 Å². The Morgan fingerprint density at radius 1 is 1.14 bits per heavy atom. The van der Waals surface area contributed by atoms with E-state index in [9.17, 15) is 21.6 Å². The Labute approximate surface area is 118 Å². The van der Waals surface area contributed by atoms with Crippen molar-refractivity contribution in [3.05, 3.63) is 47.2 Å². The average molecular weight is 320 g/mol. The van der Waals surface area contributed by atoms with Gasteiger partial charge in [0.1, 0.15) is 22.2 Å². The van der Waals surface area contributed by atoms with E-state index in [1.807, 2.05) is 4.72 Å². The lowest BCUT2D eigenvalue weighted by molar-refractivity contribution is 0.479. The summed E-state index contributed by atoms with van der Waals surface area (Å²) in [7, 11) is -4.21. The van der Waals surface area contributed by atoms with E-state index in [0.29, 0.717) is 6.07 Å². The number of aryl methyl sites for hydroxylation is 1. The van der Waals surface area contributed by atoms with Crippen molar-refractivity contribution in [2.45, 2.75) is 18.4 Å². The van der Waals surface area contributed by atoms with Gasteiger partial charge in [-0.25, -0.2) is 21.6 Å². The number of anilines is 1. The Balaban J connectivity index is 2.42. The smallest absolute Gasteiger partial charge is 0.265 e. The number of sulfonamides is 1. The second-order valence-corrected chi connectivity index (χ2v) is 5.84. The fraction of sp³-hybridized carbons (Fsp3) is 0.167. The van der Waals surface area contributed by atoms with E-state index in [1.165, 1.54) is 13.0 Å². The maximum Gasteiger partial charge on any atom is 0.265 e. The number of hydrogen-bond donors (Lipinski definition) is 2. The number of nitrogens with two attached hydrogens (primary N) is 1. The second kappa shape index (κ2) is 5.41. The SMILES string of the molecule is Cc1oc(CN)cc1S(=O)(=O)Nc1cc(F)c(F)cc1F. The van der Waals surface area contributed by atoms with Crippen molar-refractivity contribution in [1.29, 1.82) is 0 Å². The van der Waals surface area contributed by atoms with Crippen LogP contribution in [0.3, 0.4) is 0 Å². The average Bonchev–Trinajstić information content (AvgIpc) is 2.78. The minimum absolute atomic E-state index is 0.0180. The van der Waals surface area contributed by atoms with Crippen molar-refractivity contribution in [2.75, 3.05) is 4.72 Å². The van der Waals surface area contributed by atoms with Gasteiger partial charge in [0.25, 0.3) is 10.0 Å². The number of hydrogen-bond acceptors (Lipinski definition) is 4. The molecule has 1 heterocycles. The summed E-state index contributed by atoms with van der Waals surface area (Å²) in [6.45, 7) is 1.37. The molecule has 0 aliphatic heterocycles. The molecule has 3 N–H and O–H groups in total. The first-order valence-corrected chi connectivity index (χ1v) is 7.19. The molecular weight excluding hydrogens is 309 g/mol. The Bertz CT molecular complexity index is 787. The molecule has 0 amide bonds. The molecule has 0 spiro atoms. The number of rotatable bonds is 4. The summed E-state index contributed by atoms with van der Waals surface area (Å²) in [6, 6.07) is 1.84. The first-order chi connectivity index (χ1) is 9.74. The summed E-state index contributed by atoms with van der Waals surface area (Å²) in [6.07, 6.45) is 0. The topological polar surface area (TPSA) is 85.3 Å². The molecule has 0 radical (unpaired) electrons. The molecule has 1 aromatic heterocycles. The molecule has 0 unspecified atom stereocenters. The molecule has 5 nitrogen and oxygen atoms in total. The number of furan rings is 1. The van der Waals surface area contributed by atoms with Crippen LogP contribution in [0, 0.1) is 24.4 Å². The molecule has 0 aliphatic rings. The molecular formula is C12H11F3N2O3S. The molecule has 0 fully saturated rings. The molecule has 0 saturated carbocycles. The van der Waals surface area contributed by atoms with Gasteiger partial charge >= 0.3 is 0 Å². The summed E-state index contributed by atoms with van der Waals surface area (Å²) in [5.41, 5.74) is 4.62. The lowest BCUT2D eigenvalue weighted by Gasteiger charge is -2.08. The summed E-state index contributed by atoms with van der Waals surface area (Å²) in [5, 5.41) is 0. The third-order valence-electron chi connectivity index (χ3n) is 2.67. The van der Waals surface area contributed by atoms with Crippen LogP contribution >= 0.6 is 0 Å². The van der Waals surface area contributed by atoms with Crippen molar-refractivity contribution in [3.8, 4) is 0 Å². The van der Waals surface area contributed by atoms with Crippen molar-refractivity contribution < 1.29 is 26.0 Å². The van der Waals surface area contributed by atoms with Crippen LogP contribution in [0.4, 0.5) is 18.9 Å². The predicted molar refractivity (Wildman–Crippen MR) is 68.5 cm³/mol. The summed E-state index contributed by atoms with van der Waals surface area (Å²) < 4.78 is 70.5. The highest BCUT2D eigenvalue weighted by Crippen LogP contribution is 2.25. The molecule has 2 aromatic rings. The van der Waals surface area contributed by atoms with Gasteiger partial charge in [-0.3, -0.25) is 4.72 Å². The Kier molecular flexibility index (Phi) is 3.97. The second-order valence-electron chi connectivity index (χ2n) is 4.19. The molecule has 0 saturated heterocycles. The Morgan fingerprint density at radius 2 is 1.76 bits per heavy atom. The largest absolute Gasteiger partial charge is 0.464 e. The lowest BCUT2D eigenvalue weighted by Crippen LogP contribution is -2.14. The number of nitrogens with one attached hydrogen (secondary N) is 1. The highest BCUT2D eigenvalue weighted by atomic mass is 32.2. The zero-order valence-electron chi connectivity index (χ0n) is 10.8. The van der Waals surface area contributed by atoms with Crippen LogP contribution in [0.5, 0.6) is 0 Å². The zero-order valence-corrected chi connectivity index (χ0v) is 11.6. The third-order valence-corrected chi connectivity index (χ3v) is 4.14. The van der Waals surface area contributed by atoms with Gasteiger partial charge in [-0.05, 0) is 6.92 Å². The summed E-state index contributed by atoms with van der Waals surface area (Å²) in [4.78, 5) is -0.257. The first-order valence-electron chi connectivity index (χ1n) is 5.71. The standard InChI is InChI=1S/C12H11F3N2O3S/c1-6-12(2-7(5-16)20-6)21(18,19)17-11-4-9(14)8(13)3-10(11)15/h2-4,17H,5,16H2,1H3. The number of halogens is 3. The molecule has 2 rings (SSSR count). The van der Waals surface area contributed by atoms with Gasteiger partial charge in [0.05, 0.1) is 12.2 Å². The molecule has 9 heteroatoms. The molecule has 0 atom stereocenters. The van der Waals surface area contributed by atoms with Crippen molar-refractivity contribution in [1.82, 2.24) is 0 Å². The van der Waals surface area contributed by atoms with Crippen LogP contribution in [0.25, 0.3) is 0 Å². The van der Waals surface area contributed by atoms with E-state index in [1.54, 1.807) is 0 Å². The molecule has 0 bridgehead atoms.